The van der Waals surface area contributed by atoms with E-state index < -0.39 is 5.97 Å². The van der Waals surface area contributed by atoms with Gasteiger partial charge in [0, 0.05) is 3.57 Å². The van der Waals surface area contributed by atoms with Crippen LogP contribution in [-0.2, 0) is 4.74 Å². The highest BCUT2D eigenvalue weighted by molar-refractivity contribution is 14.1. The third kappa shape index (κ3) is 1.53. The molecule has 0 aromatic heterocycles. The van der Waals surface area contributed by atoms with Crippen LogP contribution in [0.5, 0.6) is 5.75 Å². The lowest BCUT2D eigenvalue weighted by molar-refractivity contribution is 0.0414. The number of ether oxygens (including phenoxy) is 2. The number of cyclic esters (lactones) is 1. The van der Waals surface area contributed by atoms with Crippen LogP contribution in [0.1, 0.15) is 10.4 Å². The van der Waals surface area contributed by atoms with Crippen molar-refractivity contribution in [2.24, 2.45) is 0 Å². The van der Waals surface area contributed by atoms with Crippen LogP contribution in [0.4, 0.5) is 0 Å². The van der Waals surface area contributed by atoms with E-state index in [1.807, 2.05) is 6.07 Å². The Morgan fingerprint density at radius 1 is 1.31 bits per heavy atom. The molecule has 0 radical (unpaired) electrons. The van der Waals surface area contributed by atoms with E-state index >= 15 is 0 Å². The van der Waals surface area contributed by atoms with Crippen LogP contribution in [0.25, 0.3) is 0 Å². The lowest BCUT2D eigenvalue weighted by Crippen LogP contribution is -2.16. The summed E-state index contributed by atoms with van der Waals surface area (Å²) in [5.41, 5.74) is 0.444. The Hall–Kier alpha value is -1.04. The first kappa shape index (κ1) is 8.55. The van der Waals surface area contributed by atoms with E-state index in [4.69, 9.17) is 9.47 Å². The normalized spacial score (nSPS) is 14.5. The van der Waals surface area contributed by atoms with Crippen molar-refractivity contribution >= 4 is 28.6 Å². The summed E-state index contributed by atoms with van der Waals surface area (Å²) >= 11 is 2.12. The fourth-order valence-corrected chi connectivity index (χ4v) is 1.54. The number of fused-ring (bicyclic) bond motifs is 1. The molecule has 1 heterocycles. The molecule has 0 spiro atoms. The minimum atomic E-state index is -0.412. The lowest BCUT2D eigenvalue weighted by atomic mass is 10.2. The molecule has 4 heteroatoms. The number of rotatable bonds is 0. The van der Waals surface area contributed by atoms with Crippen molar-refractivity contribution in [3.63, 3.8) is 0 Å². The molecule has 0 saturated carbocycles. The molecule has 2 rings (SSSR count). The van der Waals surface area contributed by atoms with Gasteiger partial charge in [0.1, 0.15) is 11.3 Å². The minimum absolute atomic E-state index is 0.0266. The molecule has 0 amide bonds. The number of halogens is 1. The predicted molar refractivity (Wildman–Crippen MR) is 54.3 cm³/mol. The number of hydrogen-bond acceptors (Lipinski definition) is 3. The molecule has 0 N–H and O–H groups in total. The van der Waals surface area contributed by atoms with E-state index in [-0.39, 0.29) is 5.95 Å². The number of carbonyl (C=O) groups excluding carboxylic acids is 1. The van der Waals surface area contributed by atoms with Gasteiger partial charge in [-0.25, -0.2) is 4.79 Å². The summed E-state index contributed by atoms with van der Waals surface area (Å²) in [6.45, 7) is 3.42. The maximum absolute atomic E-state index is 11.3. The molecule has 3 nitrogen and oxygen atoms in total. The fourth-order valence-electron chi connectivity index (χ4n) is 1.05. The van der Waals surface area contributed by atoms with Gasteiger partial charge in [-0.3, -0.25) is 0 Å². The van der Waals surface area contributed by atoms with Crippen molar-refractivity contribution in [1.29, 1.82) is 0 Å². The molecule has 1 aromatic carbocycles. The fraction of sp³-hybridized carbons (Fsp3) is 0. The van der Waals surface area contributed by atoms with Crippen LogP contribution in [-0.4, -0.2) is 5.97 Å². The second kappa shape index (κ2) is 3.02. The molecule has 0 bridgehead atoms. The molecule has 13 heavy (non-hydrogen) atoms. The maximum atomic E-state index is 11.3. The first-order valence-electron chi connectivity index (χ1n) is 3.55. The van der Waals surface area contributed by atoms with E-state index in [9.17, 15) is 4.79 Å². The topological polar surface area (TPSA) is 35.5 Å². The zero-order valence-corrected chi connectivity index (χ0v) is 8.70. The van der Waals surface area contributed by atoms with Gasteiger partial charge in [0.25, 0.3) is 5.95 Å². The molecule has 1 aromatic rings. The zero-order valence-electron chi connectivity index (χ0n) is 6.54. The Morgan fingerprint density at radius 2 is 2.08 bits per heavy atom. The third-order valence-corrected chi connectivity index (χ3v) is 2.26. The van der Waals surface area contributed by atoms with Crippen LogP contribution in [0.2, 0.25) is 0 Å². The van der Waals surface area contributed by atoms with E-state index in [0.717, 1.165) is 3.57 Å². The Labute approximate surface area is 88.5 Å². The van der Waals surface area contributed by atoms with Crippen molar-refractivity contribution in [3.05, 3.63) is 39.9 Å². The molecule has 66 valence electrons. The smallest absolute Gasteiger partial charge is 0.349 e. The van der Waals surface area contributed by atoms with Gasteiger partial charge in [0.2, 0.25) is 0 Å². The summed E-state index contributed by atoms with van der Waals surface area (Å²) < 4.78 is 10.8. The average Bonchev–Trinajstić information content (AvgIpc) is 2.06. The minimum Gasteiger partial charge on any atom is -0.425 e. The summed E-state index contributed by atoms with van der Waals surface area (Å²) in [6.07, 6.45) is 0. The van der Waals surface area contributed by atoms with Crippen LogP contribution in [0, 0.1) is 3.57 Å². The quantitative estimate of drug-likeness (QED) is 0.543. The molecular formula is C9H5IO3. The Bertz CT molecular complexity index is 398. The zero-order chi connectivity index (χ0) is 9.42. The number of hydrogen-bond donors (Lipinski definition) is 0. The van der Waals surface area contributed by atoms with Gasteiger partial charge in [-0.1, -0.05) is 0 Å². The van der Waals surface area contributed by atoms with Gasteiger partial charge in [-0.05, 0) is 47.4 Å². The number of benzene rings is 1. The second-order valence-corrected chi connectivity index (χ2v) is 3.75. The second-order valence-electron chi connectivity index (χ2n) is 2.50. The van der Waals surface area contributed by atoms with Gasteiger partial charge < -0.3 is 9.47 Å². The Balaban J connectivity index is 2.55. The van der Waals surface area contributed by atoms with Gasteiger partial charge in [-0.15, -0.1) is 0 Å². The van der Waals surface area contributed by atoms with Gasteiger partial charge in [-0.2, -0.15) is 0 Å². The molecular weight excluding hydrogens is 283 g/mol. The van der Waals surface area contributed by atoms with E-state index in [1.165, 1.54) is 0 Å². The first-order valence-corrected chi connectivity index (χ1v) is 4.63. The van der Waals surface area contributed by atoms with Gasteiger partial charge in [0.05, 0.1) is 0 Å². The molecule has 0 aliphatic carbocycles. The van der Waals surface area contributed by atoms with Crippen molar-refractivity contribution in [2.75, 3.05) is 0 Å². The standard InChI is InChI=1S/C9H5IO3/c1-5-12-8-3-2-6(10)4-7(8)9(11)13-5/h2-4H,1H2. The molecule has 1 aliphatic heterocycles. The van der Waals surface area contributed by atoms with E-state index in [0.29, 0.717) is 11.3 Å². The SMILES string of the molecule is C=C1OC(=O)c2cc(I)ccc2O1. The molecule has 1 aliphatic rings. The monoisotopic (exact) mass is 288 g/mol. The van der Waals surface area contributed by atoms with Crippen LogP contribution < -0.4 is 4.74 Å². The Kier molecular flexibility index (Phi) is 1.99. The van der Waals surface area contributed by atoms with E-state index in [2.05, 4.69) is 29.2 Å². The highest BCUT2D eigenvalue weighted by Gasteiger charge is 2.22. The summed E-state index contributed by atoms with van der Waals surface area (Å²) in [5.74, 6) is 0.116. The molecule has 0 saturated heterocycles. The predicted octanol–water partition coefficient (Wildman–Crippen LogP) is 2.31. The third-order valence-electron chi connectivity index (χ3n) is 1.59. The van der Waals surface area contributed by atoms with Crippen LogP contribution in [0.15, 0.2) is 30.7 Å². The Morgan fingerprint density at radius 3 is 2.85 bits per heavy atom. The van der Waals surface area contributed by atoms with Crippen molar-refractivity contribution in [3.8, 4) is 5.75 Å². The van der Waals surface area contributed by atoms with Gasteiger partial charge in [0.15, 0.2) is 0 Å². The summed E-state index contributed by atoms with van der Waals surface area (Å²) in [7, 11) is 0. The molecule has 0 unspecified atom stereocenters. The maximum Gasteiger partial charge on any atom is 0.349 e. The lowest BCUT2D eigenvalue weighted by Gasteiger charge is -2.17. The van der Waals surface area contributed by atoms with Crippen LogP contribution in [0.3, 0.4) is 0 Å². The summed E-state index contributed by atoms with van der Waals surface area (Å²) in [5, 5.41) is 0. The average molecular weight is 288 g/mol. The highest BCUT2D eigenvalue weighted by atomic mass is 127. The first-order chi connectivity index (χ1) is 6.16. The molecule has 0 atom stereocenters. The highest BCUT2D eigenvalue weighted by Crippen LogP contribution is 2.28. The largest absolute Gasteiger partial charge is 0.425 e. The summed E-state index contributed by atoms with van der Waals surface area (Å²) in [6, 6.07) is 5.29. The number of esters is 1. The molecule has 0 fully saturated rings. The van der Waals surface area contributed by atoms with Crippen molar-refractivity contribution in [1.82, 2.24) is 0 Å². The number of carbonyl (C=O) groups is 1. The summed E-state index contributed by atoms with van der Waals surface area (Å²) in [4.78, 5) is 11.3. The van der Waals surface area contributed by atoms with E-state index in [1.54, 1.807) is 12.1 Å². The van der Waals surface area contributed by atoms with Crippen molar-refractivity contribution < 1.29 is 14.3 Å². The van der Waals surface area contributed by atoms with Crippen LogP contribution >= 0.6 is 22.6 Å². The van der Waals surface area contributed by atoms with Gasteiger partial charge >= 0.3 is 5.97 Å². The van der Waals surface area contributed by atoms with Crippen molar-refractivity contribution in [2.45, 2.75) is 0 Å².